The Bertz CT molecular complexity index is 733. The van der Waals surface area contributed by atoms with Gasteiger partial charge in [0.25, 0.3) is 0 Å². The molecule has 0 saturated heterocycles. The van der Waals surface area contributed by atoms with E-state index in [1.165, 1.54) is 21.4 Å². The van der Waals surface area contributed by atoms with Crippen molar-refractivity contribution in [3.8, 4) is 0 Å². The van der Waals surface area contributed by atoms with Gasteiger partial charge >= 0.3 is 0 Å². The largest absolute Gasteiger partial charge is 0.357 e. The van der Waals surface area contributed by atoms with Crippen LogP contribution in [0.3, 0.4) is 0 Å². The van der Waals surface area contributed by atoms with Crippen LogP contribution in [0.4, 0.5) is 5.13 Å². The summed E-state index contributed by atoms with van der Waals surface area (Å²) in [6.07, 6.45) is 4.82. The zero-order valence-electron chi connectivity index (χ0n) is 11.7. The van der Waals surface area contributed by atoms with Crippen LogP contribution in [0.2, 0.25) is 0 Å². The maximum Gasteiger partial charge on any atom is 0.184 e. The molecule has 0 aliphatic carbocycles. The van der Waals surface area contributed by atoms with Crippen LogP contribution in [0.5, 0.6) is 0 Å². The Hall–Kier alpha value is -1.94. The summed E-state index contributed by atoms with van der Waals surface area (Å²) in [7, 11) is 0. The first-order valence-electron chi connectivity index (χ1n) is 6.78. The highest BCUT2D eigenvalue weighted by Crippen LogP contribution is 2.27. The van der Waals surface area contributed by atoms with Gasteiger partial charge in [-0.15, -0.1) is 0 Å². The Morgan fingerprint density at radius 2 is 2.05 bits per heavy atom. The summed E-state index contributed by atoms with van der Waals surface area (Å²) in [6, 6.07) is 8.62. The van der Waals surface area contributed by atoms with Crippen LogP contribution in [0, 0.1) is 6.92 Å². The summed E-state index contributed by atoms with van der Waals surface area (Å²) in [4.78, 5) is 8.82. The van der Waals surface area contributed by atoms with E-state index in [1.807, 2.05) is 12.4 Å². The van der Waals surface area contributed by atoms with Gasteiger partial charge in [0, 0.05) is 18.9 Å². The monoisotopic (exact) mass is 283 g/mol. The summed E-state index contributed by atoms with van der Waals surface area (Å²) >= 11 is 1.71. The van der Waals surface area contributed by atoms with Crippen LogP contribution in [0.25, 0.3) is 10.2 Å². The summed E-state index contributed by atoms with van der Waals surface area (Å²) in [5, 5.41) is 4.35. The van der Waals surface area contributed by atoms with Crippen LogP contribution in [0.15, 0.2) is 36.7 Å². The standard InChI is InChI=1S/C16H17N3S/c1-3-12-4-5-14-15(7-12)20-16(19-14)18-10-13-6-11(2)8-17-9-13/h4-9H,3,10H2,1-2H3,(H,18,19). The van der Waals surface area contributed by atoms with E-state index in [9.17, 15) is 0 Å². The molecule has 1 aromatic carbocycles. The molecule has 0 unspecified atom stereocenters. The Balaban J connectivity index is 1.77. The van der Waals surface area contributed by atoms with Crippen LogP contribution in [0.1, 0.15) is 23.6 Å². The van der Waals surface area contributed by atoms with Crippen molar-refractivity contribution in [1.82, 2.24) is 9.97 Å². The highest BCUT2D eigenvalue weighted by atomic mass is 32.1. The third kappa shape index (κ3) is 2.80. The zero-order chi connectivity index (χ0) is 13.9. The second-order valence-electron chi connectivity index (χ2n) is 4.90. The second-order valence-corrected chi connectivity index (χ2v) is 5.93. The summed E-state index contributed by atoms with van der Waals surface area (Å²) in [5.41, 5.74) is 4.78. The number of aromatic nitrogens is 2. The number of pyridine rings is 1. The molecule has 2 aromatic heterocycles. The predicted molar refractivity (Wildman–Crippen MR) is 85.3 cm³/mol. The van der Waals surface area contributed by atoms with Gasteiger partial charge in [0.05, 0.1) is 10.2 Å². The van der Waals surface area contributed by atoms with Gasteiger partial charge in [-0.3, -0.25) is 4.98 Å². The van der Waals surface area contributed by atoms with Gasteiger partial charge < -0.3 is 5.32 Å². The van der Waals surface area contributed by atoms with Crippen molar-refractivity contribution in [3.63, 3.8) is 0 Å². The molecule has 0 aliphatic rings. The van der Waals surface area contributed by atoms with Crippen molar-refractivity contribution < 1.29 is 0 Å². The smallest absolute Gasteiger partial charge is 0.184 e. The fourth-order valence-electron chi connectivity index (χ4n) is 2.16. The highest BCUT2D eigenvalue weighted by molar-refractivity contribution is 7.22. The molecule has 0 spiro atoms. The normalized spacial score (nSPS) is 10.9. The van der Waals surface area contributed by atoms with E-state index in [-0.39, 0.29) is 0 Å². The van der Waals surface area contributed by atoms with Crippen molar-refractivity contribution in [1.29, 1.82) is 0 Å². The number of nitrogens with one attached hydrogen (secondary N) is 1. The summed E-state index contributed by atoms with van der Waals surface area (Å²) in [6.45, 7) is 4.99. The average Bonchev–Trinajstić information content (AvgIpc) is 2.87. The number of hydrogen-bond donors (Lipinski definition) is 1. The Morgan fingerprint density at radius 1 is 1.15 bits per heavy atom. The minimum atomic E-state index is 0.759. The fourth-order valence-corrected chi connectivity index (χ4v) is 3.08. The van der Waals surface area contributed by atoms with Gasteiger partial charge in [-0.2, -0.15) is 0 Å². The number of nitrogens with zero attached hydrogens (tertiary/aromatic N) is 2. The molecule has 0 aliphatic heterocycles. The van der Waals surface area contributed by atoms with Gasteiger partial charge in [0.15, 0.2) is 5.13 Å². The predicted octanol–water partition coefficient (Wildman–Crippen LogP) is 4.17. The van der Waals surface area contributed by atoms with Gasteiger partial charge in [-0.1, -0.05) is 30.4 Å². The van der Waals surface area contributed by atoms with E-state index in [1.54, 1.807) is 11.3 Å². The molecule has 0 atom stereocenters. The van der Waals surface area contributed by atoms with Crippen LogP contribution in [-0.2, 0) is 13.0 Å². The van der Waals surface area contributed by atoms with Crippen molar-refractivity contribution in [2.45, 2.75) is 26.8 Å². The quantitative estimate of drug-likeness (QED) is 0.780. The third-order valence-corrected chi connectivity index (χ3v) is 4.21. The van der Waals surface area contributed by atoms with E-state index in [2.05, 4.69) is 53.4 Å². The molecule has 20 heavy (non-hydrogen) atoms. The number of hydrogen-bond acceptors (Lipinski definition) is 4. The molecular weight excluding hydrogens is 266 g/mol. The lowest BCUT2D eigenvalue weighted by atomic mass is 10.2. The minimum absolute atomic E-state index is 0.759. The number of anilines is 1. The lowest BCUT2D eigenvalue weighted by Crippen LogP contribution is -1.99. The van der Waals surface area contributed by atoms with E-state index >= 15 is 0 Å². The van der Waals surface area contributed by atoms with Gasteiger partial charge in [-0.25, -0.2) is 4.98 Å². The second kappa shape index (κ2) is 5.59. The molecule has 0 bridgehead atoms. The molecule has 0 fully saturated rings. The van der Waals surface area contributed by atoms with Gasteiger partial charge in [-0.05, 0) is 42.2 Å². The molecular formula is C16H17N3S. The van der Waals surface area contributed by atoms with Crippen LogP contribution < -0.4 is 5.32 Å². The van der Waals surface area contributed by atoms with Crippen molar-refractivity contribution >= 4 is 26.7 Å². The maximum absolute atomic E-state index is 4.61. The lowest BCUT2D eigenvalue weighted by molar-refractivity contribution is 1.09. The highest BCUT2D eigenvalue weighted by Gasteiger charge is 2.04. The van der Waals surface area contributed by atoms with Gasteiger partial charge in [0.2, 0.25) is 0 Å². The summed E-state index contributed by atoms with van der Waals surface area (Å²) in [5.74, 6) is 0. The molecule has 1 N–H and O–H groups in total. The van der Waals surface area contributed by atoms with Crippen molar-refractivity contribution in [2.75, 3.05) is 5.32 Å². The molecule has 3 aromatic rings. The maximum atomic E-state index is 4.61. The SMILES string of the molecule is CCc1ccc2nc(NCc3cncc(C)c3)sc2c1. The lowest BCUT2D eigenvalue weighted by Gasteiger charge is -2.02. The van der Waals surface area contributed by atoms with E-state index < -0.39 is 0 Å². The molecule has 3 nitrogen and oxygen atoms in total. The van der Waals surface area contributed by atoms with Crippen molar-refractivity contribution in [2.24, 2.45) is 0 Å². The minimum Gasteiger partial charge on any atom is -0.357 e. The topological polar surface area (TPSA) is 37.8 Å². The number of aryl methyl sites for hydroxylation is 2. The Labute approximate surface area is 122 Å². The molecule has 102 valence electrons. The fraction of sp³-hybridized carbons (Fsp3) is 0.250. The van der Waals surface area contributed by atoms with Crippen molar-refractivity contribution in [3.05, 3.63) is 53.3 Å². The molecule has 0 radical (unpaired) electrons. The van der Waals surface area contributed by atoms with Gasteiger partial charge in [0.1, 0.15) is 0 Å². The van der Waals surface area contributed by atoms with Crippen LogP contribution >= 0.6 is 11.3 Å². The van der Waals surface area contributed by atoms with E-state index in [0.717, 1.165) is 23.6 Å². The molecule has 4 heteroatoms. The van der Waals surface area contributed by atoms with E-state index in [0.29, 0.717) is 0 Å². The first-order chi connectivity index (χ1) is 9.74. The average molecular weight is 283 g/mol. The third-order valence-electron chi connectivity index (χ3n) is 3.24. The molecule has 2 heterocycles. The molecule has 0 saturated carbocycles. The number of fused-ring (bicyclic) bond motifs is 1. The van der Waals surface area contributed by atoms with E-state index in [4.69, 9.17) is 0 Å². The Kier molecular flexibility index (Phi) is 3.65. The first-order valence-corrected chi connectivity index (χ1v) is 7.60. The first kappa shape index (κ1) is 13.1. The Morgan fingerprint density at radius 3 is 2.85 bits per heavy atom. The molecule has 3 rings (SSSR count). The van der Waals surface area contributed by atoms with Crippen LogP contribution in [-0.4, -0.2) is 9.97 Å². The zero-order valence-corrected chi connectivity index (χ0v) is 12.5. The summed E-state index contributed by atoms with van der Waals surface area (Å²) < 4.78 is 1.24. The number of thiazole rings is 1. The number of benzene rings is 1. The molecule has 0 amide bonds. The number of rotatable bonds is 4.